The second-order valence-electron chi connectivity index (χ2n) is 4.31. The SMILES string of the molecule is COc1cc(Br)c(OC)c(C(=O)NNC(=O)c2ccccn2)c1. The monoisotopic (exact) mass is 379 g/mol. The molecule has 2 aromatic rings. The number of hydrogen-bond donors (Lipinski definition) is 2. The zero-order valence-corrected chi connectivity index (χ0v) is 14.0. The van der Waals surface area contributed by atoms with Gasteiger partial charge in [0.25, 0.3) is 11.8 Å². The fraction of sp³-hybridized carbons (Fsp3) is 0.133. The van der Waals surface area contributed by atoms with Gasteiger partial charge in [-0.15, -0.1) is 0 Å². The molecule has 0 atom stereocenters. The fourth-order valence-electron chi connectivity index (χ4n) is 1.80. The van der Waals surface area contributed by atoms with Crippen LogP contribution in [-0.4, -0.2) is 31.0 Å². The lowest BCUT2D eigenvalue weighted by Crippen LogP contribution is -2.42. The van der Waals surface area contributed by atoms with Gasteiger partial charge in [-0.3, -0.25) is 25.4 Å². The van der Waals surface area contributed by atoms with E-state index in [1.165, 1.54) is 32.5 Å². The smallest absolute Gasteiger partial charge is 0.288 e. The quantitative estimate of drug-likeness (QED) is 0.792. The Kier molecular flexibility index (Phi) is 5.53. The predicted octanol–water partition coefficient (Wildman–Crippen LogP) is 1.94. The summed E-state index contributed by atoms with van der Waals surface area (Å²) < 4.78 is 10.9. The van der Waals surface area contributed by atoms with Gasteiger partial charge in [-0.25, -0.2) is 0 Å². The van der Waals surface area contributed by atoms with Crippen molar-refractivity contribution in [1.82, 2.24) is 15.8 Å². The largest absolute Gasteiger partial charge is 0.497 e. The molecule has 0 aliphatic heterocycles. The maximum atomic E-state index is 12.3. The number of pyridine rings is 1. The van der Waals surface area contributed by atoms with E-state index in [1.54, 1.807) is 18.2 Å². The van der Waals surface area contributed by atoms with E-state index >= 15 is 0 Å². The number of hydrazine groups is 1. The van der Waals surface area contributed by atoms with Crippen LogP contribution in [-0.2, 0) is 0 Å². The zero-order chi connectivity index (χ0) is 16.8. The molecule has 7 nitrogen and oxygen atoms in total. The Morgan fingerprint density at radius 1 is 1.09 bits per heavy atom. The van der Waals surface area contributed by atoms with Gasteiger partial charge in [0.05, 0.1) is 24.3 Å². The lowest BCUT2D eigenvalue weighted by Gasteiger charge is -2.13. The number of aromatic nitrogens is 1. The van der Waals surface area contributed by atoms with Gasteiger partial charge in [-0.1, -0.05) is 6.07 Å². The average molecular weight is 380 g/mol. The third kappa shape index (κ3) is 3.98. The Hall–Kier alpha value is -2.61. The number of ether oxygens (including phenoxy) is 2. The van der Waals surface area contributed by atoms with Gasteiger partial charge in [0.2, 0.25) is 0 Å². The normalized spacial score (nSPS) is 9.87. The molecular formula is C15H14BrN3O4. The highest BCUT2D eigenvalue weighted by molar-refractivity contribution is 9.10. The van der Waals surface area contributed by atoms with Crippen molar-refractivity contribution >= 4 is 27.7 Å². The first-order chi connectivity index (χ1) is 11.1. The summed E-state index contributed by atoms with van der Waals surface area (Å²) in [7, 11) is 2.93. The number of methoxy groups -OCH3 is 2. The van der Waals surface area contributed by atoms with E-state index in [0.717, 1.165) is 0 Å². The van der Waals surface area contributed by atoms with Crippen LogP contribution in [0.25, 0.3) is 0 Å². The highest BCUT2D eigenvalue weighted by Crippen LogP contribution is 2.33. The summed E-state index contributed by atoms with van der Waals surface area (Å²) in [6.07, 6.45) is 1.49. The van der Waals surface area contributed by atoms with Gasteiger partial charge in [0.15, 0.2) is 0 Å². The number of rotatable bonds is 4. The van der Waals surface area contributed by atoms with Gasteiger partial charge in [0, 0.05) is 6.20 Å². The molecule has 0 unspecified atom stereocenters. The Labute approximate surface area is 141 Å². The van der Waals surface area contributed by atoms with E-state index in [1.807, 2.05) is 0 Å². The Morgan fingerprint density at radius 3 is 2.43 bits per heavy atom. The molecule has 120 valence electrons. The second-order valence-corrected chi connectivity index (χ2v) is 5.17. The maximum absolute atomic E-state index is 12.3. The number of nitrogens with zero attached hydrogens (tertiary/aromatic N) is 1. The van der Waals surface area contributed by atoms with Crippen molar-refractivity contribution in [2.75, 3.05) is 14.2 Å². The van der Waals surface area contributed by atoms with Crippen LogP contribution in [0.3, 0.4) is 0 Å². The second kappa shape index (κ2) is 7.59. The number of amides is 2. The molecule has 2 N–H and O–H groups in total. The standard InChI is InChI=1S/C15H14BrN3O4/c1-22-9-7-10(13(23-2)11(16)8-9)14(20)18-19-15(21)12-5-3-4-6-17-12/h3-8H,1-2H3,(H,18,20)(H,19,21). The molecule has 0 fully saturated rings. The summed E-state index contributed by atoms with van der Waals surface area (Å²) in [6.45, 7) is 0. The lowest BCUT2D eigenvalue weighted by atomic mass is 10.2. The number of carbonyl (C=O) groups is 2. The van der Waals surface area contributed by atoms with Crippen LogP contribution >= 0.6 is 15.9 Å². The molecule has 0 saturated carbocycles. The first-order valence-electron chi connectivity index (χ1n) is 6.50. The van der Waals surface area contributed by atoms with E-state index in [0.29, 0.717) is 16.0 Å². The summed E-state index contributed by atoms with van der Waals surface area (Å²) in [4.78, 5) is 28.0. The van der Waals surface area contributed by atoms with Gasteiger partial charge in [-0.2, -0.15) is 0 Å². The predicted molar refractivity (Wildman–Crippen MR) is 86.4 cm³/mol. The molecule has 0 radical (unpaired) electrons. The van der Waals surface area contributed by atoms with E-state index in [2.05, 4.69) is 31.8 Å². The Bertz CT molecular complexity index is 722. The molecule has 8 heteroatoms. The van der Waals surface area contributed by atoms with Crippen molar-refractivity contribution in [3.8, 4) is 11.5 Å². The van der Waals surface area contributed by atoms with Crippen molar-refractivity contribution in [3.63, 3.8) is 0 Å². The minimum Gasteiger partial charge on any atom is -0.497 e. The van der Waals surface area contributed by atoms with Gasteiger partial charge in [-0.05, 0) is 40.2 Å². The van der Waals surface area contributed by atoms with Crippen molar-refractivity contribution in [2.45, 2.75) is 0 Å². The van der Waals surface area contributed by atoms with Crippen LogP contribution in [0.4, 0.5) is 0 Å². The first-order valence-corrected chi connectivity index (χ1v) is 7.29. The highest BCUT2D eigenvalue weighted by Gasteiger charge is 2.18. The van der Waals surface area contributed by atoms with Crippen LogP contribution in [0.15, 0.2) is 41.0 Å². The minimum atomic E-state index is -0.550. The number of nitrogens with one attached hydrogen (secondary N) is 2. The van der Waals surface area contributed by atoms with Crippen LogP contribution in [0, 0.1) is 0 Å². The molecule has 0 spiro atoms. The topological polar surface area (TPSA) is 89.5 Å². The molecule has 2 rings (SSSR count). The summed E-state index contributed by atoms with van der Waals surface area (Å²) in [5.41, 5.74) is 5.00. The Balaban J connectivity index is 2.14. The van der Waals surface area contributed by atoms with Crippen molar-refractivity contribution in [3.05, 3.63) is 52.3 Å². The molecule has 1 aromatic heterocycles. The van der Waals surface area contributed by atoms with Crippen LogP contribution in [0.2, 0.25) is 0 Å². The van der Waals surface area contributed by atoms with Crippen LogP contribution in [0.5, 0.6) is 11.5 Å². The highest BCUT2D eigenvalue weighted by atomic mass is 79.9. The fourth-order valence-corrected chi connectivity index (χ4v) is 2.41. The number of hydrogen-bond acceptors (Lipinski definition) is 5. The van der Waals surface area contributed by atoms with E-state index in [4.69, 9.17) is 9.47 Å². The average Bonchev–Trinajstić information content (AvgIpc) is 2.59. The van der Waals surface area contributed by atoms with Crippen molar-refractivity contribution < 1.29 is 19.1 Å². The molecular weight excluding hydrogens is 366 g/mol. The van der Waals surface area contributed by atoms with Gasteiger partial charge < -0.3 is 9.47 Å². The summed E-state index contributed by atoms with van der Waals surface area (Å²) in [6, 6.07) is 8.07. The minimum absolute atomic E-state index is 0.187. The summed E-state index contributed by atoms with van der Waals surface area (Å²) in [5, 5.41) is 0. The lowest BCUT2D eigenvalue weighted by molar-refractivity contribution is 0.0842. The molecule has 0 aliphatic carbocycles. The summed E-state index contributed by atoms with van der Waals surface area (Å²) in [5.74, 6) is -0.278. The zero-order valence-electron chi connectivity index (χ0n) is 12.4. The van der Waals surface area contributed by atoms with Crippen LogP contribution < -0.4 is 20.3 Å². The van der Waals surface area contributed by atoms with Gasteiger partial charge in [0.1, 0.15) is 17.2 Å². The number of benzene rings is 1. The van der Waals surface area contributed by atoms with Crippen molar-refractivity contribution in [1.29, 1.82) is 0 Å². The first kappa shape index (κ1) is 16.8. The number of halogens is 1. The van der Waals surface area contributed by atoms with Crippen LogP contribution in [0.1, 0.15) is 20.8 Å². The van der Waals surface area contributed by atoms with E-state index in [-0.39, 0.29) is 11.3 Å². The third-order valence-corrected chi connectivity index (χ3v) is 3.48. The molecule has 1 heterocycles. The molecule has 2 amide bonds. The molecule has 23 heavy (non-hydrogen) atoms. The Morgan fingerprint density at radius 2 is 1.83 bits per heavy atom. The number of carbonyl (C=O) groups excluding carboxylic acids is 2. The van der Waals surface area contributed by atoms with E-state index < -0.39 is 11.8 Å². The van der Waals surface area contributed by atoms with Gasteiger partial charge >= 0.3 is 0 Å². The van der Waals surface area contributed by atoms with E-state index in [9.17, 15) is 9.59 Å². The van der Waals surface area contributed by atoms with Crippen molar-refractivity contribution in [2.24, 2.45) is 0 Å². The molecule has 0 aliphatic rings. The molecule has 0 bridgehead atoms. The maximum Gasteiger partial charge on any atom is 0.288 e. The molecule has 0 saturated heterocycles. The summed E-state index contributed by atoms with van der Waals surface area (Å²) >= 11 is 3.30. The molecule has 1 aromatic carbocycles. The third-order valence-electron chi connectivity index (χ3n) is 2.89.